The van der Waals surface area contributed by atoms with E-state index in [0.29, 0.717) is 25.3 Å². The third kappa shape index (κ3) is 4.55. The normalized spacial score (nSPS) is 15.7. The largest absolute Gasteiger partial charge is 0.508 e. The number of hydrogen-bond donors (Lipinski definition) is 1. The lowest BCUT2D eigenvalue weighted by molar-refractivity contribution is -0.385. The molecule has 0 unspecified atom stereocenters. The topological polar surface area (TPSA) is 104 Å². The van der Waals surface area contributed by atoms with E-state index in [4.69, 9.17) is 0 Å². The Bertz CT molecular complexity index is 953. The van der Waals surface area contributed by atoms with E-state index in [-0.39, 0.29) is 16.3 Å². The van der Waals surface area contributed by atoms with Crippen molar-refractivity contribution in [2.24, 2.45) is 0 Å². The van der Waals surface area contributed by atoms with Crippen molar-refractivity contribution in [2.45, 2.75) is 11.4 Å². The van der Waals surface area contributed by atoms with E-state index in [1.54, 1.807) is 18.2 Å². The van der Waals surface area contributed by atoms with Crippen LogP contribution < -0.4 is 4.90 Å². The maximum absolute atomic E-state index is 12.1. The maximum Gasteiger partial charge on any atom is 0.270 e. The van der Waals surface area contributed by atoms with Gasteiger partial charge in [0.05, 0.1) is 15.5 Å². The van der Waals surface area contributed by atoms with E-state index in [2.05, 4.69) is 4.90 Å². The number of phenolic OH excluding ortho intramolecular Hbond substituents is 1. The fourth-order valence-corrected chi connectivity index (χ4v) is 4.15. The molecular weight excluding hydrogens is 370 g/mol. The lowest BCUT2D eigenvalue weighted by Crippen LogP contribution is -2.46. The minimum absolute atomic E-state index is 0.0156. The zero-order valence-corrected chi connectivity index (χ0v) is 15.7. The van der Waals surface area contributed by atoms with Gasteiger partial charge in [0.15, 0.2) is 9.84 Å². The first kappa shape index (κ1) is 19.1. The molecule has 1 aliphatic rings. The molecule has 9 heteroatoms. The highest BCUT2D eigenvalue weighted by molar-refractivity contribution is 7.90. The number of non-ortho nitro benzene ring substituents is 1. The van der Waals surface area contributed by atoms with E-state index in [1.807, 2.05) is 11.0 Å². The molecule has 0 bridgehead atoms. The maximum atomic E-state index is 12.1. The molecule has 0 spiro atoms. The van der Waals surface area contributed by atoms with Crippen molar-refractivity contribution < 1.29 is 18.4 Å². The van der Waals surface area contributed by atoms with Crippen molar-refractivity contribution in [2.75, 3.05) is 37.3 Å². The number of phenols is 1. The minimum atomic E-state index is -3.59. The van der Waals surface area contributed by atoms with Gasteiger partial charge in [0.2, 0.25) is 0 Å². The smallest absolute Gasteiger partial charge is 0.270 e. The number of nitro groups is 1. The van der Waals surface area contributed by atoms with Crippen LogP contribution in [-0.4, -0.2) is 55.8 Å². The molecule has 1 fully saturated rings. The van der Waals surface area contributed by atoms with Crippen LogP contribution in [0.2, 0.25) is 0 Å². The lowest BCUT2D eigenvalue weighted by Gasteiger charge is -2.36. The predicted molar refractivity (Wildman–Crippen MR) is 102 cm³/mol. The standard InChI is InChI=1S/C18H21N3O5S/c1-27(25,26)18-12-15(21(23)24)5-6-17(18)20-9-7-19(8-10-20)13-14-3-2-4-16(22)11-14/h2-6,11-12,22H,7-10,13H2,1H3. The molecule has 2 aromatic rings. The summed E-state index contributed by atoms with van der Waals surface area (Å²) in [5.41, 5.74) is 1.28. The Kier molecular flexibility index (Phi) is 5.33. The van der Waals surface area contributed by atoms with Crippen LogP contribution in [0.1, 0.15) is 5.56 Å². The molecule has 0 saturated carbocycles. The monoisotopic (exact) mass is 391 g/mol. The second-order valence-corrected chi connectivity index (χ2v) is 8.60. The van der Waals surface area contributed by atoms with Crippen molar-refractivity contribution in [1.82, 2.24) is 4.90 Å². The molecule has 3 rings (SSSR count). The summed E-state index contributed by atoms with van der Waals surface area (Å²) < 4.78 is 24.3. The van der Waals surface area contributed by atoms with Crippen molar-refractivity contribution in [3.8, 4) is 5.75 Å². The molecule has 8 nitrogen and oxygen atoms in total. The van der Waals surface area contributed by atoms with Crippen LogP contribution in [0.4, 0.5) is 11.4 Å². The Morgan fingerprint density at radius 2 is 1.81 bits per heavy atom. The summed E-state index contributed by atoms with van der Waals surface area (Å²) in [6.07, 6.45) is 1.06. The van der Waals surface area contributed by atoms with Crippen LogP contribution in [0, 0.1) is 10.1 Å². The van der Waals surface area contributed by atoms with E-state index in [9.17, 15) is 23.6 Å². The SMILES string of the molecule is CS(=O)(=O)c1cc([N+](=O)[O-])ccc1N1CCN(Cc2cccc(O)c2)CC1. The Morgan fingerprint density at radius 1 is 1.11 bits per heavy atom. The van der Waals surface area contributed by atoms with Gasteiger partial charge < -0.3 is 10.0 Å². The zero-order chi connectivity index (χ0) is 19.6. The number of aromatic hydroxyl groups is 1. The van der Waals surface area contributed by atoms with E-state index in [1.165, 1.54) is 12.1 Å². The number of benzene rings is 2. The summed E-state index contributed by atoms with van der Waals surface area (Å²) >= 11 is 0. The Labute approximate surface area is 157 Å². The fraction of sp³-hybridized carbons (Fsp3) is 0.333. The third-order valence-corrected chi connectivity index (χ3v) is 5.71. The molecule has 0 aliphatic carbocycles. The number of nitro benzene ring substituents is 1. The highest BCUT2D eigenvalue weighted by atomic mass is 32.2. The van der Waals surface area contributed by atoms with Crippen molar-refractivity contribution >= 4 is 21.2 Å². The summed E-state index contributed by atoms with van der Waals surface area (Å²) in [7, 11) is -3.59. The lowest BCUT2D eigenvalue weighted by atomic mass is 10.1. The van der Waals surface area contributed by atoms with Gasteiger partial charge in [0.1, 0.15) is 5.75 Å². The number of anilines is 1. The molecule has 144 valence electrons. The van der Waals surface area contributed by atoms with Crippen LogP contribution in [0.3, 0.4) is 0 Å². The van der Waals surface area contributed by atoms with Crippen LogP contribution >= 0.6 is 0 Å². The molecule has 2 aromatic carbocycles. The first-order valence-electron chi connectivity index (χ1n) is 8.48. The molecule has 1 heterocycles. The molecule has 1 N–H and O–H groups in total. The summed E-state index contributed by atoms with van der Waals surface area (Å²) in [4.78, 5) is 14.5. The van der Waals surface area contributed by atoms with E-state index < -0.39 is 14.8 Å². The molecule has 0 atom stereocenters. The number of rotatable bonds is 5. The predicted octanol–water partition coefficient (Wildman–Crippen LogP) is 2.03. The minimum Gasteiger partial charge on any atom is -0.508 e. The van der Waals surface area contributed by atoms with E-state index >= 15 is 0 Å². The average Bonchev–Trinajstić information content (AvgIpc) is 2.61. The third-order valence-electron chi connectivity index (χ3n) is 4.58. The second-order valence-electron chi connectivity index (χ2n) is 6.61. The first-order valence-corrected chi connectivity index (χ1v) is 10.4. The molecule has 27 heavy (non-hydrogen) atoms. The molecule has 1 saturated heterocycles. The molecular formula is C18H21N3O5S. The number of sulfone groups is 1. The van der Waals surface area contributed by atoms with Gasteiger partial charge in [-0.25, -0.2) is 8.42 Å². The van der Waals surface area contributed by atoms with Gasteiger partial charge in [-0.2, -0.15) is 0 Å². The van der Waals surface area contributed by atoms with Crippen LogP contribution in [0.25, 0.3) is 0 Å². The quantitative estimate of drug-likeness (QED) is 0.614. The Balaban J connectivity index is 1.75. The van der Waals surface area contributed by atoms with Gasteiger partial charge in [-0.3, -0.25) is 15.0 Å². The van der Waals surface area contributed by atoms with Gasteiger partial charge in [-0.1, -0.05) is 12.1 Å². The van der Waals surface area contributed by atoms with Crippen LogP contribution in [-0.2, 0) is 16.4 Å². The van der Waals surface area contributed by atoms with Gasteiger partial charge in [0, 0.05) is 51.1 Å². The summed E-state index contributed by atoms with van der Waals surface area (Å²) in [5.74, 6) is 0.231. The number of hydrogen-bond acceptors (Lipinski definition) is 7. The Hall–Kier alpha value is -2.65. The molecule has 1 aliphatic heterocycles. The van der Waals surface area contributed by atoms with Crippen LogP contribution in [0.5, 0.6) is 5.75 Å². The fourth-order valence-electron chi connectivity index (χ4n) is 3.23. The summed E-state index contributed by atoms with van der Waals surface area (Å²) in [6, 6.07) is 11.1. The highest BCUT2D eigenvalue weighted by Gasteiger charge is 2.25. The number of piperazine rings is 1. The molecule has 0 amide bonds. The van der Waals surface area contributed by atoms with Gasteiger partial charge in [-0.15, -0.1) is 0 Å². The van der Waals surface area contributed by atoms with Crippen molar-refractivity contribution in [3.05, 3.63) is 58.1 Å². The second kappa shape index (κ2) is 7.53. The summed E-state index contributed by atoms with van der Waals surface area (Å²) in [6.45, 7) is 3.35. The Morgan fingerprint density at radius 3 is 2.41 bits per heavy atom. The zero-order valence-electron chi connectivity index (χ0n) is 14.9. The van der Waals surface area contributed by atoms with Gasteiger partial charge in [-0.05, 0) is 23.8 Å². The van der Waals surface area contributed by atoms with Gasteiger partial charge >= 0.3 is 0 Å². The van der Waals surface area contributed by atoms with Crippen molar-refractivity contribution in [1.29, 1.82) is 0 Å². The average molecular weight is 391 g/mol. The number of nitrogens with zero attached hydrogens (tertiary/aromatic N) is 3. The summed E-state index contributed by atoms with van der Waals surface area (Å²) in [5, 5.41) is 20.6. The molecule has 0 aromatic heterocycles. The van der Waals surface area contributed by atoms with Crippen molar-refractivity contribution in [3.63, 3.8) is 0 Å². The first-order chi connectivity index (χ1) is 12.7. The highest BCUT2D eigenvalue weighted by Crippen LogP contribution is 2.30. The molecule has 0 radical (unpaired) electrons. The van der Waals surface area contributed by atoms with Crippen LogP contribution in [0.15, 0.2) is 47.4 Å². The van der Waals surface area contributed by atoms with Gasteiger partial charge in [0.25, 0.3) is 5.69 Å². The van der Waals surface area contributed by atoms with E-state index in [0.717, 1.165) is 31.0 Å².